The fourth-order valence-electron chi connectivity index (χ4n) is 1.21. The number of hydrogen-bond donors (Lipinski definition) is 1. The van der Waals surface area contributed by atoms with Crippen LogP contribution in [0.4, 0.5) is 4.39 Å². The van der Waals surface area contributed by atoms with Gasteiger partial charge < -0.3 is 0 Å². The average Bonchev–Trinajstić information content (AvgIpc) is 2.26. The molecule has 0 aromatic heterocycles. The van der Waals surface area contributed by atoms with Gasteiger partial charge in [0, 0.05) is 13.6 Å². The fraction of sp³-hybridized carbons (Fsp3) is 0.333. The third kappa shape index (κ3) is 2.86. The van der Waals surface area contributed by atoms with Crippen molar-refractivity contribution in [3.8, 4) is 0 Å². The molecule has 0 aliphatic carbocycles. The minimum atomic E-state index is -4.06. The third-order valence-electron chi connectivity index (χ3n) is 2.37. The molecule has 2 N–H and O–H groups in total. The number of sulfonamides is 2. The molecule has 0 saturated carbocycles. The maximum Gasteiger partial charge on any atom is 0.245 e. The second-order valence-electron chi connectivity index (χ2n) is 3.56. The van der Waals surface area contributed by atoms with Crippen molar-refractivity contribution in [3.05, 3.63) is 24.0 Å². The summed E-state index contributed by atoms with van der Waals surface area (Å²) in [5.74, 6) is -1.15. The summed E-state index contributed by atoms with van der Waals surface area (Å²) in [6.07, 6.45) is 0. The van der Waals surface area contributed by atoms with Crippen LogP contribution in [0, 0.1) is 5.82 Å². The molecule has 0 aliphatic heterocycles. The first kappa shape index (κ1) is 15.0. The van der Waals surface area contributed by atoms with Crippen LogP contribution in [0.15, 0.2) is 28.0 Å². The van der Waals surface area contributed by atoms with Gasteiger partial charge in [-0.1, -0.05) is 6.92 Å². The van der Waals surface area contributed by atoms with E-state index in [2.05, 4.69) is 0 Å². The molecule has 0 fully saturated rings. The number of primary sulfonamides is 1. The Hall–Kier alpha value is -1.03. The van der Waals surface area contributed by atoms with Crippen LogP contribution in [0.25, 0.3) is 0 Å². The van der Waals surface area contributed by atoms with E-state index >= 15 is 0 Å². The van der Waals surface area contributed by atoms with Gasteiger partial charge in [-0.3, -0.25) is 0 Å². The summed E-state index contributed by atoms with van der Waals surface area (Å²) in [4.78, 5) is -1.06. The van der Waals surface area contributed by atoms with Crippen molar-refractivity contribution in [1.29, 1.82) is 0 Å². The second-order valence-corrected chi connectivity index (χ2v) is 7.13. The summed E-state index contributed by atoms with van der Waals surface area (Å²) in [6.45, 7) is 1.76. The van der Waals surface area contributed by atoms with E-state index in [0.717, 1.165) is 16.4 Å². The molecule has 1 aromatic carbocycles. The van der Waals surface area contributed by atoms with Crippen molar-refractivity contribution >= 4 is 20.0 Å². The molecule has 0 radical (unpaired) electrons. The molecule has 0 spiro atoms. The maximum absolute atomic E-state index is 13.6. The quantitative estimate of drug-likeness (QED) is 0.853. The zero-order valence-electron chi connectivity index (χ0n) is 9.79. The van der Waals surface area contributed by atoms with Crippen LogP contribution >= 0.6 is 0 Å². The second kappa shape index (κ2) is 4.92. The van der Waals surface area contributed by atoms with Gasteiger partial charge in [-0.2, -0.15) is 0 Å². The van der Waals surface area contributed by atoms with E-state index in [0.29, 0.717) is 6.07 Å². The lowest BCUT2D eigenvalue weighted by Crippen LogP contribution is -2.27. The highest BCUT2D eigenvalue weighted by atomic mass is 32.2. The summed E-state index contributed by atoms with van der Waals surface area (Å²) >= 11 is 0. The number of halogens is 1. The highest BCUT2D eigenvalue weighted by Gasteiger charge is 2.24. The summed E-state index contributed by atoms with van der Waals surface area (Å²) in [7, 11) is -6.73. The number of nitrogens with zero attached hydrogens (tertiary/aromatic N) is 1. The standard InChI is InChI=1S/C9H13FN2O4S2/c1-3-12(2)18(15,16)9-5-4-7(6-8(9)10)17(11,13)14/h4-6H,3H2,1-2H3,(H2,11,13,14). The molecule has 102 valence electrons. The summed E-state index contributed by atoms with van der Waals surface area (Å²) in [5.41, 5.74) is 0. The first-order valence-electron chi connectivity index (χ1n) is 4.89. The number of benzene rings is 1. The summed E-state index contributed by atoms with van der Waals surface area (Å²) in [6, 6.07) is 2.43. The van der Waals surface area contributed by atoms with Crippen LogP contribution < -0.4 is 5.14 Å². The van der Waals surface area contributed by atoms with Crippen molar-refractivity contribution in [3.63, 3.8) is 0 Å². The van der Waals surface area contributed by atoms with Gasteiger partial charge in [0.15, 0.2) is 0 Å². The Kier molecular flexibility index (Phi) is 4.11. The predicted molar refractivity (Wildman–Crippen MR) is 63.3 cm³/mol. The normalized spacial score (nSPS) is 12.9. The van der Waals surface area contributed by atoms with E-state index in [4.69, 9.17) is 5.14 Å². The van der Waals surface area contributed by atoms with E-state index in [1.165, 1.54) is 7.05 Å². The molecule has 1 aromatic rings. The molecule has 6 nitrogen and oxygen atoms in total. The average molecular weight is 296 g/mol. The number of nitrogens with two attached hydrogens (primary N) is 1. The largest absolute Gasteiger partial charge is 0.245 e. The smallest absolute Gasteiger partial charge is 0.225 e. The molecule has 0 bridgehead atoms. The van der Waals surface area contributed by atoms with Gasteiger partial charge in [0.1, 0.15) is 10.7 Å². The van der Waals surface area contributed by atoms with Crippen molar-refractivity contribution in [2.45, 2.75) is 16.7 Å². The summed E-state index contributed by atoms with van der Waals surface area (Å²) in [5, 5.41) is 4.82. The van der Waals surface area contributed by atoms with Crippen LogP contribution in [-0.2, 0) is 20.0 Å². The van der Waals surface area contributed by atoms with Crippen molar-refractivity contribution < 1.29 is 21.2 Å². The van der Waals surface area contributed by atoms with Gasteiger partial charge in [-0.15, -0.1) is 0 Å². The Morgan fingerprint density at radius 1 is 1.28 bits per heavy atom. The van der Waals surface area contributed by atoms with E-state index < -0.39 is 35.7 Å². The lowest BCUT2D eigenvalue weighted by atomic mass is 10.3. The SMILES string of the molecule is CCN(C)S(=O)(=O)c1ccc(S(N)(=O)=O)cc1F. The Balaban J connectivity index is 3.40. The number of hydrogen-bond acceptors (Lipinski definition) is 4. The van der Waals surface area contributed by atoms with Crippen LogP contribution in [0.3, 0.4) is 0 Å². The third-order valence-corrected chi connectivity index (χ3v) is 5.24. The van der Waals surface area contributed by atoms with E-state index in [1.54, 1.807) is 6.92 Å². The van der Waals surface area contributed by atoms with Crippen LogP contribution in [-0.4, -0.2) is 34.7 Å². The van der Waals surface area contributed by atoms with Gasteiger partial charge in [-0.05, 0) is 18.2 Å². The Morgan fingerprint density at radius 2 is 1.83 bits per heavy atom. The first-order valence-corrected chi connectivity index (χ1v) is 7.88. The molecule has 0 saturated heterocycles. The lowest BCUT2D eigenvalue weighted by Gasteiger charge is -2.15. The predicted octanol–water partition coefficient (Wildman–Crippen LogP) is 0.114. The molecule has 0 heterocycles. The fourth-order valence-corrected chi connectivity index (χ4v) is 2.95. The zero-order chi connectivity index (χ0) is 14.1. The van der Waals surface area contributed by atoms with E-state index in [1.807, 2.05) is 0 Å². The molecule has 1 rings (SSSR count). The molecular weight excluding hydrogens is 283 g/mol. The van der Waals surface area contributed by atoms with Crippen molar-refractivity contribution in [2.75, 3.05) is 13.6 Å². The van der Waals surface area contributed by atoms with E-state index in [-0.39, 0.29) is 6.54 Å². The van der Waals surface area contributed by atoms with Crippen molar-refractivity contribution in [2.24, 2.45) is 5.14 Å². The minimum Gasteiger partial charge on any atom is -0.225 e. The van der Waals surface area contributed by atoms with Crippen LogP contribution in [0.1, 0.15) is 6.92 Å². The highest BCUT2D eigenvalue weighted by molar-refractivity contribution is 7.89. The maximum atomic E-state index is 13.6. The Labute approximate surface area is 105 Å². The molecule has 0 atom stereocenters. The molecule has 0 aliphatic rings. The van der Waals surface area contributed by atoms with Gasteiger partial charge >= 0.3 is 0 Å². The van der Waals surface area contributed by atoms with Crippen LogP contribution in [0.5, 0.6) is 0 Å². The van der Waals surface area contributed by atoms with Gasteiger partial charge in [0.2, 0.25) is 20.0 Å². The van der Waals surface area contributed by atoms with Gasteiger partial charge in [0.25, 0.3) is 0 Å². The monoisotopic (exact) mass is 296 g/mol. The summed E-state index contributed by atoms with van der Waals surface area (Å²) < 4.78 is 60.3. The number of rotatable bonds is 4. The molecule has 18 heavy (non-hydrogen) atoms. The Morgan fingerprint density at radius 3 is 2.22 bits per heavy atom. The molecule has 0 amide bonds. The lowest BCUT2D eigenvalue weighted by molar-refractivity contribution is 0.477. The topological polar surface area (TPSA) is 97.5 Å². The molecule has 9 heteroatoms. The Bertz CT molecular complexity index is 655. The van der Waals surface area contributed by atoms with Crippen molar-refractivity contribution in [1.82, 2.24) is 4.31 Å². The van der Waals surface area contributed by atoms with Crippen LogP contribution in [0.2, 0.25) is 0 Å². The highest BCUT2D eigenvalue weighted by Crippen LogP contribution is 2.20. The zero-order valence-corrected chi connectivity index (χ0v) is 11.4. The van der Waals surface area contributed by atoms with Gasteiger partial charge in [0.05, 0.1) is 4.90 Å². The first-order chi connectivity index (χ1) is 8.10. The molecular formula is C9H13FN2O4S2. The minimum absolute atomic E-state index is 0.165. The van der Waals surface area contributed by atoms with E-state index in [9.17, 15) is 21.2 Å². The molecule has 0 unspecified atom stereocenters. The van der Waals surface area contributed by atoms with Gasteiger partial charge in [-0.25, -0.2) is 30.7 Å².